The Hall–Kier alpha value is -1.92. The second kappa shape index (κ2) is 5.81. The average Bonchev–Trinajstić information content (AvgIpc) is 2.94. The minimum absolute atomic E-state index is 0.0226. The molecule has 19 heavy (non-hydrogen) atoms. The molecule has 2 aromatic rings. The molecule has 0 spiro atoms. The molecule has 1 atom stereocenters. The second-order valence-electron chi connectivity index (χ2n) is 4.43. The first-order chi connectivity index (χ1) is 9.13. The fourth-order valence-corrected chi connectivity index (χ4v) is 1.88. The molecule has 0 amide bonds. The van der Waals surface area contributed by atoms with Crippen molar-refractivity contribution in [3.05, 3.63) is 41.2 Å². The summed E-state index contributed by atoms with van der Waals surface area (Å²) in [6, 6.07) is 0.0226. The average molecular weight is 262 g/mol. The van der Waals surface area contributed by atoms with Gasteiger partial charge < -0.3 is 20.5 Å². The van der Waals surface area contributed by atoms with Crippen molar-refractivity contribution < 1.29 is 10.2 Å². The molecule has 4 N–H and O–H groups in total. The van der Waals surface area contributed by atoms with E-state index in [1.54, 1.807) is 25.5 Å². The Kier molecular flexibility index (Phi) is 4.13. The number of aliphatic hydroxyl groups is 1. The highest BCUT2D eigenvalue weighted by atomic mass is 16.3. The van der Waals surface area contributed by atoms with Crippen LogP contribution < -0.4 is 5.32 Å². The Balaban J connectivity index is 2.13. The number of aromatic amines is 1. The Morgan fingerprint density at radius 1 is 1.42 bits per heavy atom. The normalized spacial score (nSPS) is 12.6. The third-order valence-corrected chi connectivity index (χ3v) is 3.12. The summed E-state index contributed by atoms with van der Waals surface area (Å²) in [6.45, 7) is 4.00. The molecule has 0 aliphatic rings. The zero-order chi connectivity index (χ0) is 13.8. The molecule has 2 heterocycles. The Labute approximate surface area is 111 Å². The number of imidazole rings is 1. The van der Waals surface area contributed by atoms with Crippen LogP contribution >= 0.6 is 0 Å². The van der Waals surface area contributed by atoms with Crippen LogP contribution in [0.4, 0.5) is 0 Å². The van der Waals surface area contributed by atoms with Crippen molar-refractivity contribution in [1.82, 2.24) is 20.3 Å². The highest BCUT2D eigenvalue weighted by Gasteiger charge is 2.13. The number of rotatable bonds is 5. The van der Waals surface area contributed by atoms with E-state index in [0.717, 1.165) is 5.82 Å². The molecule has 0 fully saturated rings. The standard InChI is InChI=1S/C13H18N4O2/c1-8-12(19)11(10(7-18)5-16-8)6-17-9(2)13-14-3-4-15-13/h3-5,9,17-19H,6-7H2,1-2H3,(H,14,15). The molecule has 0 saturated carbocycles. The van der Waals surface area contributed by atoms with Gasteiger partial charge >= 0.3 is 0 Å². The summed E-state index contributed by atoms with van der Waals surface area (Å²) in [7, 11) is 0. The van der Waals surface area contributed by atoms with Gasteiger partial charge in [-0.1, -0.05) is 0 Å². The van der Waals surface area contributed by atoms with Gasteiger partial charge in [0.15, 0.2) is 0 Å². The van der Waals surface area contributed by atoms with Crippen LogP contribution in [0.15, 0.2) is 18.6 Å². The van der Waals surface area contributed by atoms with Crippen molar-refractivity contribution in [2.75, 3.05) is 0 Å². The number of pyridine rings is 1. The maximum absolute atomic E-state index is 10.0. The summed E-state index contributed by atoms with van der Waals surface area (Å²) in [5.41, 5.74) is 1.86. The van der Waals surface area contributed by atoms with Gasteiger partial charge in [0.25, 0.3) is 0 Å². The fraction of sp³-hybridized carbons (Fsp3) is 0.385. The van der Waals surface area contributed by atoms with Crippen LogP contribution in [0.25, 0.3) is 0 Å². The highest BCUT2D eigenvalue weighted by molar-refractivity contribution is 5.40. The first-order valence-corrected chi connectivity index (χ1v) is 6.13. The van der Waals surface area contributed by atoms with E-state index in [1.165, 1.54) is 0 Å². The van der Waals surface area contributed by atoms with E-state index in [9.17, 15) is 10.2 Å². The molecule has 2 aromatic heterocycles. The Morgan fingerprint density at radius 3 is 2.84 bits per heavy atom. The predicted molar refractivity (Wildman–Crippen MR) is 70.4 cm³/mol. The second-order valence-corrected chi connectivity index (χ2v) is 4.43. The van der Waals surface area contributed by atoms with Crippen molar-refractivity contribution in [2.45, 2.75) is 33.0 Å². The van der Waals surface area contributed by atoms with Gasteiger partial charge in [-0.25, -0.2) is 4.98 Å². The van der Waals surface area contributed by atoms with Gasteiger partial charge in [-0.15, -0.1) is 0 Å². The zero-order valence-corrected chi connectivity index (χ0v) is 11.0. The maximum Gasteiger partial charge on any atom is 0.141 e. The van der Waals surface area contributed by atoms with Crippen LogP contribution in [0.1, 0.15) is 35.6 Å². The minimum Gasteiger partial charge on any atom is -0.506 e. The van der Waals surface area contributed by atoms with Crippen LogP contribution in [-0.2, 0) is 13.2 Å². The molecule has 102 valence electrons. The van der Waals surface area contributed by atoms with Crippen LogP contribution in [0.2, 0.25) is 0 Å². The number of nitrogens with zero attached hydrogens (tertiary/aromatic N) is 2. The largest absolute Gasteiger partial charge is 0.506 e. The van der Waals surface area contributed by atoms with Gasteiger partial charge in [0.2, 0.25) is 0 Å². The van der Waals surface area contributed by atoms with E-state index in [2.05, 4.69) is 20.3 Å². The van der Waals surface area contributed by atoms with E-state index >= 15 is 0 Å². The minimum atomic E-state index is -0.146. The van der Waals surface area contributed by atoms with E-state index in [1.807, 2.05) is 6.92 Å². The Bertz CT molecular complexity index is 540. The van der Waals surface area contributed by atoms with E-state index in [-0.39, 0.29) is 18.4 Å². The molecule has 2 rings (SSSR count). The number of aromatic hydroxyl groups is 1. The van der Waals surface area contributed by atoms with E-state index in [0.29, 0.717) is 23.4 Å². The molecule has 1 unspecified atom stereocenters. The number of H-pyrrole nitrogens is 1. The SMILES string of the molecule is Cc1ncc(CO)c(CNC(C)c2ncc[nH]2)c1O. The maximum atomic E-state index is 10.0. The highest BCUT2D eigenvalue weighted by Crippen LogP contribution is 2.24. The lowest BCUT2D eigenvalue weighted by molar-refractivity contribution is 0.278. The first kappa shape index (κ1) is 13.5. The van der Waals surface area contributed by atoms with Crippen LogP contribution in [0.5, 0.6) is 5.75 Å². The first-order valence-electron chi connectivity index (χ1n) is 6.13. The number of aryl methyl sites for hydroxylation is 1. The molecule has 0 saturated heterocycles. The van der Waals surface area contributed by atoms with Crippen molar-refractivity contribution in [3.8, 4) is 5.75 Å². The van der Waals surface area contributed by atoms with Crippen LogP contribution in [0.3, 0.4) is 0 Å². The van der Waals surface area contributed by atoms with Gasteiger partial charge in [-0.2, -0.15) is 0 Å². The lowest BCUT2D eigenvalue weighted by Gasteiger charge is -2.15. The quantitative estimate of drug-likeness (QED) is 0.649. The number of hydrogen-bond donors (Lipinski definition) is 4. The molecule has 6 heteroatoms. The van der Waals surface area contributed by atoms with Gasteiger partial charge in [0.1, 0.15) is 11.6 Å². The lowest BCUT2D eigenvalue weighted by atomic mass is 10.1. The van der Waals surface area contributed by atoms with Crippen molar-refractivity contribution in [2.24, 2.45) is 0 Å². The summed E-state index contributed by atoms with van der Waals surface area (Å²) in [6.07, 6.45) is 5.05. The molecule has 6 nitrogen and oxygen atoms in total. The van der Waals surface area contributed by atoms with Gasteiger partial charge in [-0.05, 0) is 13.8 Å². The van der Waals surface area contributed by atoms with E-state index in [4.69, 9.17) is 0 Å². The molecule has 0 radical (unpaired) electrons. The van der Waals surface area contributed by atoms with Crippen molar-refractivity contribution in [1.29, 1.82) is 0 Å². The van der Waals surface area contributed by atoms with Gasteiger partial charge in [0, 0.05) is 36.3 Å². The third kappa shape index (κ3) is 2.91. The van der Waals surface area contributed by atoms with Crippen LogP contribution in [0, 0.1) is 6.92 Å². The molecular weight excluding hydrogens is 244 g/mol. The predicted octanol–water partition coefficient (Wildman–Crippen LogP) is 1.16. The van der Waals surface area contributed by atoms with Crippen LogP contribution in [-0.4, -0.2) is 25.2 Å². The molecule has 0 bridgehead atoms. The molecular formula is C13H18N4O2. The summed E-state index contributed by atoms with van der Waals surface area (Å²) < 4.78 is 0. The van der Waals surface area contributed by atoms with Crippen molar-refractivity contribution in [3.63, 3.8) is 0 Å². The summed E-state index contributed by atoms with van der Waals surface area (Å²) in [5.74, 6) is 0.960. The molecule has 0 aromatic carbocycles. The monoisotopic (exact) mass is 262 g/mol. The third-order valence-electron chi connectivity index (χ3n) is 3.12. The van der Waals surface area contributed by atoms with E-state index < -0.39 is 0 Å². The zero-order valence-electron chi connectivity index (χ0n) is 11.0. The topological polar surface area (TPSA) is 94.1 Å². The molecule has 0 aliphatic heterocycles. The lowest BCUT2D eigenvalue weighted by Crippen LogP contribution is -2.20. The molecule has 0 aliphatic carbocycles. The smallest absolute Gasteiger partial charge is 0.141 e. The fourth-order valence-electron chi connectivity index (χ4n) is 1.88. The number of aromatic nitrogens is 3. The number of aliphatic hydroxyl groups excluding tert-OH is 1. The van der Waals surface area contributed by atoms with Crippen molar-refractivity contribution >= 4 is 0 Å². The summed E-state index contributed by atoms with van der Waals surface area (Å²) >= 11 is 0. The van der Waals surface area contributed by atoms with Gasteiger partial charge in [-0.3, -0.25) is 4.98 Å². The Morgan fingerprint density at radius 2 is 2.21 bits per heavy atom. The summed E-state index contributed by atoms with van der Waals surface area (Å²) in [5, 5.41) is 22.6. The number of hydrogen-bond acceptors (Lipinski definition) is 5. The van der Waals surface area contributed by atoms with Gasteiger partial charge in [0.05, 0.1) is 18.3 Å². The summed E-state index contributed by atoms with van der Waals surface area (Å²) in [4.78, 5) is 11.2. The number of nitrogens with one attached hydrogen (secondary N) is 2.